The first-order valence-electron chi connectivity index (χ1n) is 8.84. The molecule has 1 aromatic heterocycles. The van der Waals surface area contributed by atoms with Gasteiger partial charge in [0, 0.05) is 18.0 Å². The van der Waals surface area contributed by atoms with Gasteiger partial charge in [0.2, 0.25) is 0 Å². The lowest BCUT2D eigenvalue weighted by molar-refractivity contribution is 0.0524. The van der Waals surface area contributed by atoms with Crippen molar-refractivity contribution < 1.29 is 22.7 Å². The molecule has 0 bridgehead atoms. The molecule has 0 saturated carbocycles. The maximum absolute atomic E-state index is 13.1. The summed E-state index contributed by atoms with van der Waals surface area (Å²) >= 11 is 0. The zero-order chi connectivity index (χ0) is 21.1. The minimum Gasteiger partial charge on any atom is -0.462 e. The third-order valence-corrected chi connectivity index (χ3v) is 5.21. The van der Waals surface area contributed by atoms with E-state index in [1.165, 1.54) is 29.2 Å². The molecule has 28 heavy (non-hydrogen) atoms. The molecule has 0 atom stereocenters. The predicted octanol–water partition coefficient (Wildman–Crippen LogP) is 3.03. The molecule has 1 heterocycles. The molecular formula is C20H24N2O5S. The number of benzene rings is 1. The molecule has 1 aromatic carbocycles. The van der Waals surface area contributed by atoms with Crippen molar-refractivity contribution in [2.24, 2.45) is 0 Å². The van der Waals surface area contributed by atoms with E-state index in [9.17, 15) is 18.0 Å². The summed E-state index contributed by atoms with van der Waals surface area (Å²) in [6.45, 7) is 7.31. The molecule has 2 rings (SSSR count). The number of sulfone groups is 1. The zero-order valence-electron chi connectivity index (χ0n) is 16.6. The van der Waals surface area contributed by atoms with Gasteiger partial charge < -0.3 is 9.64 Å². The Bertz CT molecular complexity index is 982. The van der Waals surface area contributed by atoms with Crippen LogP contribution in [0.3, 0.4) is 0 Å². The Morgan fingerprint density at radius 1 is 1.11 bits per heavy atom. The molecule has 0 aliphatic rings. The van der Waals surface area contributed by atoms with Crippen molar-refractivity contribution in [3.8, 4) is 0 Å². The number of amides is 1. The van der Waals surface area contributed by atoms with Crippen LogP contribution in [0.5, 0.6) is 0 Å². The quantitative estimate of drug-likeness (QED) is 0.687. The molecule has 0 spiro atoms. The van der Waals surface area contributed by atoms with Crippen molar-refractivity contribution in [2.45, 2.75) is 38.6 Å². The van der Waals surface area contributed by atoms with Gasteiger partial charge in [-0.3, -0.25) is 4.79 Å². The summed E-state index contributed by atoms with van der Waals surface area (Å²) in [6, 6.07) is 8.94. The van der Waals surface area contributed by atoms with Gasteiger partial charge in [0.05, 0.1) is 22.8 Å². The summed E-state index contributed by atoms with van der Waals surface area (Å²) in [6.07, 6.45) is 1.13. The van der Waals surface area contributed by atoms with Gasteiger partial charge in [-0.05, 0) is 64.1 Å². The van der Waals surface area contributed by atoms with Crippen LogP contribution in [0.25, 0.3) is 0 Å². The summed E-state index contributed by atoms with van der Waals surface area (Å²) in [7, 11) is -3.32. The summed E-state index contributed by atoms with van der Waals surface area (Å²) in [4.78, 5) is 31.0. The zero-order valence-corrected chi connectivity index (χ0v) is 17.4. The third kappa shape index (κ3) is 4.75. The van der Waals surface area contributed by atoms with Gasteiger partial charge >= 0.3 is 5.97 Å². The molecule has 1 amide bonds. The molecular weight excluding hydrogens is 380 g/mol. The number of esters is 1. The van der Waals surface area contributed by atoms with E-state index in [4.69, 9.17) is 4.74 Å². The lowest BCUT2D eigenvalue weighted by Crippen LogP contribution is -2.37. The van der Waals surface area contributed by atoms with Crippen LogP contribution in [0.1, 0.15) is 47.3 Å². The van der Waals surface area contributed by atoms with Crippen LogP contribution in [0.2, 0.25) is 0 Å². The number of hydrogen-bond donors (Lipinski definition) is 0. The number of aryl methyl sites for hydroxylation is 1. The SMILES string of the molecule is CCOC(=O)c1ccc(C(=O)N(c2ccc(S(C)(=O)=O)cc2)C(C)C)nc1C. The van der Waals surface area contributed by atoms with Crippen LogP contribution in [0, 0.1) is 6.92 Å². The number of nitrogens with zero attached hydrogens (tertiary/aromatic N) is 2. The Morgan fingerprint density at radius 3 is 2.18 bits per heavy atom. The Hall–Kier alpha value is -2.74. The number of hydrogen-bond acceptors (Lipinski definition) is 6. The molecule has 0 saturated heterocycles. The van der Waals surface area contributed by atoms with Crippen LogP contribution >= 0.6 is 0 Å². The standard InChI is InChI=1S/C20H24N2O5S/c1-6-27-20(24)17-11-12-18(21-14(17)4)19(23)22(13(2)3)15-7-9-16(10-8-15)28(5,25)26/h7-13H,6H2,1-5H3. The number of anilines is 1. The monoisotopic (exact) mass is 404 g/mol. The fraction of sp³-hybridized carbons (Fsp3) is 0.350. The van der Waals surface area contributed by atoms with Crippen LogP contribution in [-0.4, -0.2) is 44.2 Å². The minimum atomic E-state index is -3.32. The Morgan fingerprint density at radius 2 is 1.71 bits per heavy atom. The van der Waals surface area contributed by atoms with E-state index in [1.54, 1.807) is 26.0 Å². The molecule has 0 unspecified atom stereocenters. The summed E-state index contributed by atoms with van der Waals surface area (Å²) in [5.74, 6) is -0.829. The molecule has 0 N–H and O–H groups in total. The molecule has 0 aliphatic carbocycles. The number of pyridine rings is 1. The van der Waals surface area contributed by atoms with Crippen LogP contribution < -0.4 is 4.90 Å². The highest BCUT2D eigenvalue weighted by atomic mass is 32.2. The molecule has 0 radical (unpaired) electrons. The van der Waals surface area contributed by atoms with Gasteiger partial charge in [0.1, 0.15) is 5.69 Å². The molecule has 0 aliphatic heterocycles. The third-order valence-electron chi connectivity index (χ3n) is 4.08. The Labute approximate surface area is 165 Å². The Balaban J connectivity index is 2.38. The predicted molar refractivity (Wildman–Crippen MR) is 106 cm³/mol. The van der Waals surface area contributed by atoms with E-state index in [-0.39, 0.29) is 29.1 Å². The van der Waals surface area contributed by atoms with E-state index in [0.717, 1.165) is 6.26 Å². The second-order valence-corrected chi connectivity index (χ2v) is 8.60. The van der Waals surface area contributed by atoms with Crippen LogP contribution in [-0.2, 0) is 14.6 Å². The lowest BCUT2D eigenvalue weighted by atomic mass is 10.1. The molecule has 7 nitrogen and oxygen atoms in total. The van der Waals surface area contributed by atoms with Crippen LogP contribution in [0.15, 0.2) is 41.3 Å². The van der Waals surface area contributed by atoms with Crippen LogP contribution in [0.4, 0.5) is 5.69 Å². The molecule has 0 fully saturated rings. The van der Waals surface area contributed by atoms with E-state index in [2.05, 4.69) is 4.98 Å². The van der Waals surface area contributed by atoms with Gasteiger partial charge in [-0.2, -0.15) is 0 Å². The highest BCUT2D eigenvalue weighted by molar-refractivity contribution is 7.90. The lowest BCUT2D eigenvalue weighted by Gasteiger charge is -2.27. The normalized spacial score (nSPS) is 11.4. The maximum Gasteiger partial charge on any atom is 0.339 e. The van der Waals surface area contributed by atoms with Gasteiger partial charge in [-0.15, -0.1) is 0 Å². The first-order chi connectivity index (χ1) is 13.1. The number of carbonyl (C=O) groups is 2. The van der Waals surface area contributed by atoms with Crippen molar-refractivity contribution in [3.63, 3.8) is 0 Å². The Kier molecular flexibility index (Phi) is 6.56. The number of rotatable bonds is 6. The number of carbonyl (C=O) groups excluding carboxylic acids is 2. The van der Waals surface area contributed by atoms with Gasteiger partial charge in [-0.25, -0.2) is 18.2 Å². The minimum absolute atomic E-state index is 0.181. The van der Waals surface area contributed by atoms with Crippen molar-refractivity contribution >= 4 is 27.4 Å². The van der Waals surface area contributed by atoms with Crippen molar-refractivity contribution in [1.29, 1.82) is 0 Å². The number of ether oxygens (including phenoxy) is 1. The average molecular weight is 404 g/mol. The largest absolute Gasteiger partial charge is 0.462 e. The summed E-state index contributed by atoms with van der Waals surface area (Å²) in [5, 5.41) is 0. The topological polar surface area (TPSA) is 93.6 Å². The van der Waals surface area contributed by atoms with Crippen molar-refractivity contribution in [1.82, 2.24) is 4.98 Å². The summed E-state index contributed by atoms with van der Waals surface area (Å²) < 4.78 is 28.3. The van der Waals surface area contributed by atoms with Gasteiger partial charge in [0.25, 0.3) is 5.91 Å². The highest BCUT2D eigenvalue weighted by Gasteiger charge is 2.23. The smallest absolute Gasteiger partial charge is 0.339 e. The molecule has 8 heteroatoms. The number of aromatic nitrogens is 1. The van der Waals surface area contributed by atoms with E-state index < -0.39 is 15.8 Å². The van der Waals surface area contributed by atoms with Gasteiger partial charge in [0.15, 0.2) is 9.84 Å². The summed E-state index contributed by atoms with van der Waals surface area (Å²) in [5.41, 5.74) is 1.46. The first-order valence-corrected chi connectivity index (χ1v) is 10.7. The molecule has 150 valence electrons. The fourth-order valence-corrected chi connectivity index (χ4v) is 3.36. The van der Waals surface area contributed by atoms with E-state index in [1.807, 2.05) is 13.8 Å². The first kappa shape index (κ1) is 21.6. The van der Waals surface area contributed by atoms with E-state index >= 15 is 0 Å². The second-order valence-electron chi connectivity index (χ2n) is 6.58. The van der Waals surface area contributed by atoms with Gasteiger partial charge in [-0.1, -0.05) is 0 Å². The average Bonchev–Trinajstić information content (AvgIpc) is 2.61. The van der Waals surface area contributed by atoms with Crippen molar-refractivity contribution in [3.05, 3.63) is 53.3 Å². The van der Waals surface area contributed by atoms with E-state index in [0.29, 0.717) is 16.9 Å². The van der Waals surface area contributed by atoms with Crippen molar-refractivity contribution in [2.75, 3.05) is 17.8 Å². The maximum atomic E-state index is 13.1. The second kappa shape index (κ2) is 8.52. The fourth-order valence-electron chi connectivity index (χ4n) is 2.73. The highest BCUT2D eigenvalue weighted by Crippen LogP contribution is 2.22. The molecule has 2 aromatic rings.